The fourth-order valence-electron chi connectivity index (χ4n) is 2.59. The normalized spacial score (nSPS) is 12.7. The standard InChI is InChI=1S/C18H18ClNO/c1-2-20-16(11-13-6-5-8-15(19)10-13)18-12-14-7-3-4-9-17(14)21-18/h3-10,12,16,20H,2,11H2,1H3. The van der Waals surface area contributed by atoms with Gasteiger partial charge >= 0.3 is 0 Å². The molecule has 0 aliphatic rings. The maximum atomic E-state index is 6.07. The lowest BCUT2D eigenvalue weighted by atomic mass is 10.0. The van der Waals surface area contributed by atoms with Crippen LogP contribution >= 0.6 is 11.6 Å². The number of nitrogens with one attached hydrogen (secondary N) is 1. The Labute approximate surface area is 129 Å². The van der Waals surface area contributed by atoms with Crippen LogP contribution in [0, 0.1) is 0 Å². The van der Waals surface area contributed by atoms with E-state index in [1.165, 1.54) is 5.56 Å². The van der Waals surface area contributed by atoms with Crippen molar-refractivity contribution >= 4 is 22.6 Å². The highest BCUT2D eigenvalue weighted by molar-refractivity contribution is 6.30. The monoisotopic (exact) mass is 299 g/mol. The van der Waals surface area contributed by atoms with Crippen molar-refractivity contribution in [2.75, 3.05) is 6.54 Å². The molecule has 0 amide bonds. The van der Waals surface area contributed by atoms with Crippen LogP contribution in [0.5, 0.6) is 0 Å². The fourth-order valence-corrected chi connectivity index (χ4v) is 2.81. The van der Waals surface area contributed by atoms with Crippen LogP contribution in [0.15, 0.2) is 59.0 Å². The summed E-state index contributed by atoms with van der Waals surface area (Å²) in [6.07, 6.45) is 0.855. The van der Waals surface area contributed by atoms with Gasteiger partial charge in [0.1, 0.15) is 11.3 Å². The van der Waals surface area contributed by atoms with Crippen molar-refractivity contribution in [3.8, 4) is 0 Å². The molecule has 0 fully saturated rings. The molecule has 1 atom stereocenters. The number of rotatable bonds is 5. The Kier molecular flexibility index (Phi) is 4.28. The maximum absolute atomic E-state index is 6.07. The molecule has 0 saturated carbocycles. The van der Waals surface area contributed by atoms with E-state index in [0.717, 1.165) is 34.7 Å². The van der Waals surface area contributed by atoms with E-state index in [1.807, 2.05) is 36.4 Å². The first-order valence-electron chi connectivity index (χ1n) is 7.22. The number of fused-ring (bicyclic) bond motifs is 1. The van der Waals surface area contributed by atoms with Gasteiger partial charge in [0, 0.05) is 10.4 Å². The van der Waals surface area contributed by atoms with Crippen molar-refractivity contribution in [2.45, 2.75) is 19.4 Å². The smallest absolute Gasteiger partial charge is 0.134 e. The van der Waals surface area contributed by atoms with E-state index in [2.05, 4.69) is 30.4 Å². The summed E-state index contributed by atoms with van der Waals surface area (Å²) >= 11 is 6.07. The predicted octanol–water partition coefficient (Wildman–Crippen LogP) is 4.98. The van der Waals surface area contributed by atoms with Gasteiger partial charge in [0.25, 0.3) is 0 Å². The lowest BCUT2D eigenvalue weighted by molar-refractivity contribution is 0.435. The average molecular weight is 300 g/mol. The van der Waals surface area contributed by atoms with Crippen LogP contribution in [0.1, 0.15) is 24.3 Å². The minimum atomic E-state index is 0.154. The zero-order chi connectivity index (χ0) is 14.7. The molecule has 1 heterocycles. The molecular weight excluding hydrogens is 282 g/mol. The van der Waals surface area contributed by atoms with Crippen LogP contribution in [0.2, 0.25) is 5.02 Å². The van der Waals surface area contributed by atoms with Crippen LogP contribution in [-0.4, -0.2) is 6.54 Å². The molecule has 0 saturated heterocycles. The molecule has 0 bridgehead atoms. The quantitative estimate of drug-likeness (QED) is 0.719. The number of likely N-dealkylation sites (N-methyl/N-ethyl adjacent to an activating group) is 1. The lowest BCUT2D eigenvalue weighted by Crippen LogP contribution is -2.22. The Bertz CT molecular complexity index is 702. The van der Waals surface area contributed by atoms with Crippen molar-refractivity contribution in [3.63, 3.8) is 0 Å². The van der Waals surface area contributed by atoms with Gasteiger partial charge in [-0.05, 0) is 42.8 Å². The Balaban J connectivity index is 1.90. The molecule has 108 valence electrons. The van der Waals surface area contributed by atoms with Gasteiger partial charge in [-0.1, -0.05) is 48.9 Å². The van der Waals surface area contributed by atoms with Gasteiger partial charge in [0.2, 0.25) is 0 Å². The first-order valence-corrected chi connectivity index (χ1v) is 7.60. The lowest BCUT2D eigenvalue weighted by Gasteiger charge is -2.15. The van der Waals surface area contributed by atoms with Crippen LogP contribution < -0.4 is 5.32 Å². The average Bonchev–Trinajstić information content (AvgIpc) is 2.91. The second-order valence-electron chi connectivity index (χ2n) is 5.13. The van der Waals surface area contributed by atoms with E-state index in [1.54, 1.807) is 0 Å². The largest absolute Gasteiger partial charge is 0.459 e. The van der Waals surface area contributed by atoms with E-state index in [4.69, 9.17) is 16.0 Å². The van der Waals surface area contributed by atoms with E-state index in [9.17, 15) is 0 Å². The number of hydrogen-bond acceptors (Lipinski definition) is 2. The number of halogens is 1. The summed E-state index contributed by atoms with van der Waals surface area (Å²) in [7, 11) is 0. The molecule has 0 spiro atoms. The Morgan fingerprint density at radius 2 is 1.95 bits per heavy atom. The second-order valence-corrected chi connectivity index (χ2v) is 5.57. The highest BCUT2D eigenvalue weighted by Gasteiger charge is 2.16. The molecule has 0 aliphatic heterocycles. The van der Waals surface area contributed by atoms with Crippen molar-refractivity contribution < 1.29 is 4.42 Å². The van der Waals surface area contributed by atoms with E-state index < -0.39 is 0 Å². The minimum absolute atomic E-state index is 0.154. The van der Waals surface area contributed by atoms with Gasteiger partial charge in [-0.2, -0.15) is 0 Å². The first kappa shape index (κ1) is 14.2. The molecule has 21 heavy (non-hydrogen) atoms. The number of furan rings is 1. The molecule has 2 nitrogen and oxygen atoms in total. The Morgan fingerprint density at radius 3 is 2.71 bits per heavy atom. The van der Waals surface area contributed by atoms with Gasteiger partial charge in [0.15, 0.2) is 0 Å². The molecule has 3 heteroatoms. The predicted molar refractivity (Wildman–Crippen MR) is 87.8 cm³/mol. The third-order valence-electron chi connectivity index (χ3n) is 3.57. The number of benzene rings is 2. The van der Waals surface area contributed by atoms with E-state index >= 15 is 0 Å². The van der Waals surface area contributed by atoms with Crippen molar-refractivity contribution in [3.05, 3.63) is 70.9 Å². The summed E-state index contributed by atoms with van der Waals surface area (Å²) in [4.78, 5) is 0. The molecule has 3 rings (SSSR count). The molecule has 0 aliphatic carbocycles. The van der Waals surface area contributed by atoms with Gasteiger partial charge in [-0.25, -0.2) is 0 Å². The molecule has 2 aromatic carbocycles. The highest BCUT2D eigenvalue weighted by atomic mass is 35.5. The third-order valence-corrected chi connectivity index (χ3v) is 3.80. The number of hydrogen-bond donors (Lipinski definition) is 1. The van der Waals surface area contributed by atoms with E-state index in [0.29, 0.717) is 0 Å². The van der Waals surface area contributed by atoms with Crippen LogP contribution in [0.4, 0.5) is 0 Å². The molecule has 3 aromatic rings. The fraction of sp³-hybridized carbons (Fsp3) is 0.222. The zero-order valence-electron chi connectivity index (χ0n) is 12.0. The SMILES string of the molecule is CCNC(Cc1cccc(Cl)c1)c1cc2ccccc2o1. The van der Waals surface area contributed by atoms with Gasteiger partial charge in [0.05, 0.1) is 6.04 Å². The van der Waals surface area contributed by atoms with Crippen LogP contribution in [-0.2, 0) is 6.42 Å². The van der Waals surface area contributed by atoms with Gasteiger partial charge < -0.3 is 9.73 Å². The Morgan fingerprint density at radius 1 is 1.10 bits per heavy atom. The molecule has 1 N–H and O–H groups in total. The molecule has 1 aromatic heterocycles. The van der Waals surface area contributed by atoms with Crippen molar-refractivity contribution in [1.29, 1.82) is 0 Å². The van der Waals surface area contributed by atoms with Crippen LogP contribution in [0.3, 0.4) is 0 Å². The molecular formula is C18H18ClNO. The zero-order valence-corrected chi connectivity index (χ0v) is 12.7. The van der Waals surface area contributed by atoms with E-state index in [-0.39, 0.29) is 6.04 Å². The molecule has 1 unspecified atom stereocenters. The topological polar surface area (TPSA) is 25.2 Å². The summed E-state index contributed by atoms with van der Waals surface area (Å²) in [5.74, 6) is 0.970. The van der Waals surface area contributed by atoms with Crippen molar-refractivity contribution in [2.24, 2.45) is 0 Å². The summed E-state index contributed by atoms with van der Waals surface area (Å²) in [6, 6.07) is 18.4. The summed E-state index contributed by atoms with van der Waals surface area (Å²) in [5, 5.41) is 5.40. The third kappa shape index (κ3) is 3.29. The van der Waals surface area contributed by atoms with Gasteiger partial charge in [-0.15, -0.1) is 0 Å². The van der Waals surface area contributed by atoms with Gasteiger partial charge in [-0.3, -0.25) is 0 Å². The summed E-state index contributed by atoms with van der Waals surface area (Å²) < 4.78 is 5.99. The summed E-state index contributed by atoms with van der Waals surface area (Å²) in [6.45, 7) is 3.00. The second kappa shape index (κ2) is 6.33. The first-order chi connectivity index (χ1) is 10.3. The van der Waals surface area contributed by atoms with Crippen LogP contribution in [0.25, 0.3) is 11.0 Å². The molecule has 0 radical (unpaired) electrons. The minimum Gasteiger partial charge on any atom is -0.459 e. The summed E-state index contributed by atoms with van der Waals surface area (Å²) in [5.41, 5.74) is 2.13. The number of para-hydroxylation sites is 1. The Hall–Kier alpha value is -1.77. The highest BCUT2D eigenvalue weighted by Crippen LogP contribution is 2.26. The maximum Gasteiger partial charge on any atom is 0.134 e. The van der Waals surface area contributed by atoms with Crippen molar-refractivity contribution in [1.82, 2.24) is 5.32 Å².